The Labute approximate surface area is 113 Å². The number of anilines is 1. The van der Waals surface area contributed by atoms with Crippen LogP contribution in [0, 0.1) is 6.92 Å². The number of carbonyl (C=O) groups excluding carboxylic acids is 1. The molecule has 0 atom stereocenters. The maximum absolute atomic E-state index is 12.0. The second-order valence-corrected chi connectivity index (χ2v) is 4.02. The Morgan fingerprint density at radius 1 is 1.30 bits per heavy atom. The van der Waals surface area contributed by atoms with Crippen molar-refractivity contribution < 1.29 is 9.21 Å². The Hall–Kier alpha value is -3.03. The zero-order valence-corrected chi connectivity index (χ0v) is 10.5. The first-order valence-corrected chi connectivity index (χ1v) is 5.79. The van der Waals surface area contributed by atoms with Crippen LogP contribution in [0.25, 0.3) is 11.5 Å². The van der Waals surface area contributed by atoms with Crippen LogP contribution in [0.5, 0.6) is 0 Å². The molecule has 0 aliphatic heterocycles. The minimum Gasteiger partial charge on any atom is -0.423 e. The second kappa shape index (κ2) is 4.92. The Bertz CT molecular complexity index is 717. The number of nitrogens with zero attached hydrogens (tertiary/aromatic N) is 4. The van der Waals surface area contributed by atoms with E-state index in [2.05, 4.69) is 30.7 Å². The smallest absolute Gasteiger partial charge is 0.258 e. The number of amides is 1. The molecule has 1 amide bonds. The van der Waals surface area contributed by atoms with Gasteiger partial charge in [0.2, 0.25) is 18.2 Å². The lowest BCUT2D eigenvalue weighted by Crippen LogP contribution is -2.12. The molecule has 0 radical (unpaired) electrons. The van der Waals surface area contributed by atoms with Crippen LogP contribution in [-0.4, -0.2) is 31.3 Å². The molecular formula is C12H10N6O2. The highest BCUT2D eigenvalue weighted by Gasteiger charge is 2.10. The van der Waals surface area contributed by atoms with E-state index in [0.29, 0.717) is 17.3 Å². The van der Waals surface area contributed by atoms with E-state index in [-0.39, 0.29) is 11.9 Å². The van der Waals surface area contributed by atoms with Crippen molar-refractivity contribution in [1.29, 1.82) is 0 Å². The molecule has 0 aliphatic rings. The number of aryl methyl sites for hydroxylation is 1. The fourth-order valence-corrected chi connectivity index (χ4v) is 1.64. The van der Waals surface area contributed by atoms with Gasteiger partial charge in [-0.05, 0) is 31.2 Å². The van der Waals surface area contributed by atoms with E-state index in [1.807, 2.05) is 0 Å². The number of carbonyl (C=O) groups is 1. The maximum atomic E-state index is 12.0. The largest absolute Gasteiger partial charge is 0.423 e. The molecule has 2 heterocycles. The van der Waals surface area contributed by atoms with Crippen molar-refractivity contribution in [3.05, 3.63) is 42.0 Å². The van der Waals surface area contributed by atoms with Gasteiger partial charge in [-0.2, -0.15) is 4.98 Å². The second-order valence-electron chi connectivity index (χ2n) is 4.02. The summed E-state index contributed by atoms with van der Waals surface area (Å²) < 4.78 is 5.07. The SMILES string of the molecule is Cc1nc(NC(=O)c2ccc(-c3nnco3)cc2)n[nH]1. The van der Waals surface area contributed by atoms with E-state index in [0.717, 1.165) is 5.56 Å². The Morgan fingerprint density at radius 2 is 2.10 bits per heavy atom. The maximum Gasteiger partial charge on any atom is 0.258 e. The van der Waals surface area contributed by atoms with Crippen LogP contribution >= 0.6 is 0 Å². The summed E-state index contributed by atoms with van der Waals surface area (Å²) in [6, 6.07) is 6.78. The average Bonchev–Trinajstić information content (AvgIpc) is 3.11. The molecule has 8 nitrogen and oxygen atoms in total. The third-order valence-electron chi connectivity index (χ3n) is 2.58. The number of rotatable bonds is 3. The van der Waals surface area contributed by atoms with E-state index in [4.69, 9.17) is 4.42 Å². The van der Waals surface area contributed by atoms with E-state index < -0.39 is 0 Å². The molecule has 0 fully saturated rings. The summed E-state index contributed by atoms with van der Waals surface area (Å²) >= 11 is 0. The molecule has 0 unspecified atom stereocenters. The molecule has 2 N–H and O–H groups in total. The molecule has 20 heavy (non-hydrogen) atoms. The minimum absolute atomic E-state index is 0.244. The average molecular weight is 270 g/mol. The lowest BCUT2D eigenvalue weighted by atomic mass is 10.1. The number of hydrogen-bond acceptors (Lipinski definition) is 6. The van der Waals surface area contributed by atoms with Gasteiger partial charge in [0.05, 0.1) is 0 Å². The summed E-state index contributed by atoms with van der Waals surface area (Å²) in [6.07, 6.45) is 1.25. The first-order chi connectivity index (χ1) is 9.72. The zero-order valence-electron chi connectivity index (χ0n) is 10.5. The molecule has 2 aromatic heterocycles. The van der Waals surface area contributed by atoms with E-state index >= 15 is 0 Å². The number of benzene rings is 1. The quantitative estimate of drug-likeness (QED) is 0.744. The lowest BCUT2D eigenvalue weighted by molar-refractivity contribution is 0.102. The highest BCUT2D eigenvalue weighted by molar-refractivity contribution is 6.03. The van der Waals surface area contributed by atoms with Gasteiger partial charge in [0.25, 0.3) is 5.91 Å². The highest BCUT2D eigenvalue weighted by Crippen LogP contribution is 2.17. The van der Waals surface area contributed by atoms with Crippen LogP contribution in [0.15, 0.2) is 35.1 Å². The van der Waals surface area contributed by atoms with Crippen molar-refractivity contribution in [2.75, 3.05) is 5.32 Å². The van der Waals surface area contributed by atoms with Gasteiger partial charge in [-0.15, -0.1) is 15.3 Å². The summed E-state index contributed by atoms with van der Waals surface area (Å²) in [5.74, 6) is 0.989. The standard InChI is InChI=1S/C12H10N6O2/c1-7-14-12(18-16-7)15-10(19)8-2-4-9(5-3-8)11-17-13-6-20-11/h2-6H,1H3,(H2,14,15,16,18,19). The van der Waals surface area contributed by atoms with Crippen molar-refractivity contribution in [3.8, 4) is 11.5 Å². The van der Waals surface area contributed by atoms with Gasteiger partial charge in [0, 0.05) is 11.1 Å². The molecule has 0 saturated carbocycles. The van der Waals surface area contributed by atoms with Gasteiger partial charge in [-0.3, -0.25) is 15.2 Å². The third-order valence-corrected chi connectivity index (χ3v) is 2.58. The number of H-pyrrole nitrogens is 1. The monoisotopic (exact) mass is 270 g/mol. The summed E-state index contributed by atoms with van der Waals surface area (Å²) in [6.45, 7) is 1.75. The first-order valence-electron chi connectivity index (χ1n) is 5.79. The molecule has 100 valence electrons. The van der Waals surface area contributed by atoms with Crippen LogP contribution in [-0.2, 0) is 0 Å². The van der Waals surface area contributed by atoms with Gasteiger partial charge < -0.3 is 4.42 Å². The number of aromatic nitrogens is 5. The Kier molecular flexibility index (Phi) is 2.96. The molecule has 0 aliphatic carbocycles. The Balaban J connectivity index is 1.75. The van der Waals surface area contributed by atoms with Crippen LogP contribution < -0.4 is 5.32 Å². The molecule has 0 spiro atoms. The van der Waals surface area contributed by atoms with Crippen LogP contribution in [0.4, 0.5) is 5.95 Å². The normalized spacial score (nSPS) is 10.4. The van der Waals surface area contributed by atoms with E-state index in [1.165, 1.54) is 6.39 Å². The van der Waals surface area contributed by atoms with Crippen molar-refractivity contribution in [1.82, 2.24) is 25.4 Å². The summed E-state index contributed by atoms with van der Waals surface area (Å²) in [5, 5.41) is 16.5. The minimum atomic E-state index is -0.291. The molecule has 3 aromatic rings. The summed E-state index contributed by atoms with van der Waals surface area (Å²) in [5.41, 5.74) is 1.23. The summed E-state index contributed by atoms with van der Waals surface area (Å²) in [4.78, 5) is 16.0. The van der Waals surface area contributed by atoms with Crippen molar-refractivity contribution in [2.45, 2.75) is 6.92 Å². The van der Waals surface area contributed by atoms with Crippen molar-refractivity contribution in [3.63, 3.8) is 0 Å². The molecule has 1 aromatic carbocycles. The van der Waals surface area contributed by atoms with Crippen molar-refractivity contribution in [2.24, 2.45) is 0 Å². The lowest BCUT2D eigenvalue weighted by Gasteiger charge is -2.01. The number of aromatic amines is 1. The topological polar surface area (TPSA) is 110 Å². The zero-order chi connectivity index (χ0) is 13.9. The predicted molar refractivity (Wildman–Crippen MR) is 68.8 cm³/mol. The highest BCUT2D eigenvalue weighted by atomic mass is 16.4. The van der Waals surface area contributed by atoms with E-state index in [1.54, 1.807) is 31.2 Å². The first kappa shape index (κ1) is 12.0. The molecule has 0 bridgehead atoms. The van der Waals surface area contributed by atoms with E-state index in [9.17, 15) is 4.79 Å². The Morgan fingerprint density at radius 3 is 2.70 bits per heavy atom. The van der Waals surface area contributed by atoms with Gasteiger partial charge >= 0.3 is 0 Å². The molecular weight excluding hydrogens is 260 g/mol. The number of nitrogens with one attached hydrogen (secondary N) is 2. The molecule has 8 heteroatoms. The van der Waals surface area contributed by atoms with Crippen LogP contribution in [0.3, 0.4) is 0 Å². The van der Waals surface area contributed by atoms with Gasteiger partial charge in [0.1, 0.15) is 5.82 Å². The molecule has 0 saturated heterocycles. The van der Waals surface area contributed by atoms with Crippen LogP contribution in [0.1, 0.15) is 16.2 Å². The number of hydrogen-bond donors (Lipinski definition) is 2. The van der Waals surface area contributed by atoms with Crippen LogP contribution in [0.2, 0.25) is 0 Å². The summed E-state index contributed by atoms with van der Waals surface area (Å²) in [7, 11) is 0. The van der Waals surface area contributed by atoms with Gasteiger partial charge in [-0.25, -0.2) is 0 Å². The fourth-order valence-electron chi connectivity index (χ4n) is 1.64. The predicted octanol–water partition coefficient (Wildman–Crippen LogP) is 1.42. The van der Waals surface area contributed by atoms with Crippen molar-refractivity contribution >= 4 is 11.9 Å². The van der Waals surface area contributed by atoms with Gasteiger partial charge in [0.15, 0.2) is 0 Å². The van der Waals surface area contributed by atoms with Gasteiger partial charge in [-0.1, -0.05) is 0 Å². The third kappa shape index (κ3) is 2.39. The fraction of sp³-hybridized carbons (Fsp3) is 0.0833. The molecule has 3 rings (SSSR count).